The van der Waals surface area contributed by atoms with Crippen LogP contribution in [0.1, 0.15) is 18.1 Å². The molecule has 0 unspecified atom stereocenters. The van der Waals surface area contributed by atoms with Gasteiger partial charge in [-0.15, -0.1) is 0 Å². The molecule has 4 heteroatoms. The fourth-order valence-electron chi connectivity index (χ4n) is 2.15. The lowest BCUT2D eigenvalue weighted by atomic mass is 10.1. The minimum absolute atomic E-state index is 0.196. The maximum absolute atomic E-state index is 12.3. The molecule has 2 aromatic rings. The molecule has 0 spiro atoms. The first-order valence-corrected chi connectivity index (χ1v) is 7.19. The van der Waals surface area contributed by atoms with Crippen LogP contribution in [0, 0.1) is 13.8 Å². The van der Waals surface area contributed by atoms with Gasteiger partial charge in [-0.1, -0.05) is 29.8 Å². The van der Waals surface area contributed by atoms with Crippen molar-refractivity contribution in [3.05, 3.63) is 53.6 Å². The van der Waals surface area contributed by atoms with Gasteiger partial charge in [0.2, 0.25) is 0 Å². The van der Waals surface area contributed by atoms with Gasteiger partial charge in [0.05, 0.1) is 7.11 Å². The summed E-state index contributed by atoms with van der Waals surface area (Å²) in [6.07, 6.45) is -0.628. The van der Waals surface area contributed by atoms with Crippen LogP contribution in [0.3, 0.4) is 0 Å². The van der Waals surface area contributed by atoms with Crippen molar-refractivity contribution in [2.45, 2.75) is 26.9 Å². The van der Waals surface area contributed by atoms with Crippen LogP contribution in [0.25, 0.3) is 0 Å². The quantitative estimate of drug-likeness (QED) is 0.915. The molecule has 1 atom stereocenters. The van der Waals surface area contributed by atoms with E-state index in [-0.39, 0.29) is 5.91 Å². The molecule has 0 fully saturated rings. The third kappa shape index (κ3) is 3.79. The molecular formula is C18H21NO3. The number of hydrogen-bond acceptors (Lipinski definition) is 3. The monoisotopic (exact) mass is 299 g/mol. The highest BCUT2D eigenvalue weighted by Gasteiger charge is 2.17. The highest BCUT2D eigenvalue weighted by atomic mass is 16.5. The highest BCUT2D eigenvalue weighted by molar-refractivity contribution is 5.94. The maximum Gasteiger partial charge on any atom is 0.265 e. The highest BCUT2D eigenvalue weighted by Crippen LogP contribution is 2.27. The van der Waals surface area contributed by atoms with Crippen molar-refractivity contribution in [1.82, 2.24) is 0 Å². The summed E-state index contributed by atoms with van der Waals surface area (Å²) in [5, 5.41) is 2.89. The van der Waals surface area contributed by atoms with E-state index >= 15 is 0 Å². The van der Waals surface area contributed by atoms with E-state index in [4.69, 9.17) is 9.47 Å². The second-order valence-electron chi connectivity index (χ2n) is 5.22. The Kier molecular flexibility index (Phi) is 5.04. The van der Waals surface area contributed by atoms with Crippen molar-refractivity contribution in [3.63, 3.8) is 0 Å². The Bertz CT molecular complexity index is 667. The number of aryl methyl sites for hydroxylation is 2. The summed E-state index contributed by atoms with van der Waals surface area (Å²) >= 11 is 0. The molecule has 0 aliphatic heterocycles. The number of para-hydroxylation sites is 2. The van der Waals surface area contributed by atoms with Gasteiger partial charge in [-0.05, 0) is 44.5 Å². The summed E-state index contributed by atoms with van der Waals surface area (Å²) < 4.78 is 10.9. The lowest BCUT2D eigenvalue weighted by Crippen LogP contribution is -2.30. The van der Waals surface area contributed by atoms with Crippen LogP contribution < -0.4 is 14.8 Å². The van der Waals surface area contributed by atoms with Gasteiger partial charge in [-0.2, -0.15) is 0 Å². The summed E-state index contributed by atoms with van der Waals surface area (Å²) in [5.41, 5.74) is 2.98. The van der Waals surface area contributed by atoms with Crippen LogP contribution in [0.15, 0.2) is 42.5 Å². The molecule has 2 rings (SSSR count). The normalized spacial score (nSPS) is 11.6. The Balaban J connectivity index is 2.06. The topological polar surface area (TPSA) is 47.6 Å². The van der Waals surface area contributed by atoms with Crippen LogP contribution in [-0.4, -0.2) is 19.1 Å². The van der Waals surface area contributed by atoms with E-state index in [1.165, 1.54) is 0 Å². The zero-order valence-electron chi connectivity index (χ0n) is 13.3. The summed E-state index contributed by atoms with van der Waals surface area (Å²) in [6.45, 7) is 5.70. The Labute approximate surface area is 131 Å². The van der Waals surface area contributed by atoms with Crippen LogP contribution in [-0.2, 0) is 4.79 Å². The number of rotatable bonds is 5. The fraction of sp³-hybridized carbons (Fsp3) is 0.278. The molecule has 0 aromatic heterocycles. The molecule has 22 heavy (non-hydrogen) atoms. The first-order valence-electron chi connectivity index (χ1n) is 7.19. The van der Waals surface area contributed by atoms with E-state index in [0.29, 0.717) is 11.5 Å². The molecule has 0 heterocycles. The van der Waals surface area contributed by atoms with Gasteiger partial charge in [-0.3, -0.25) is 4.79 Å². The molecule has 0 bridgehead atoms. The third-order valence-electron chi connectivity index (χ3n) is 3.38. The molecule has 4 nitrogen and oxygen atoms in total. The second kappa shape index (κ2) is 6.98. The number of hydrogen-bond donors (Lipinski definition) is 1. The number of nitrogens with one attached hydrogen (secondary N) is 1. The van der Waals surface area contributed by atoms with Crippen molar-refractivity contribution in [3.8, 4) is 11.5 Å². The predicted molar refractivity (Wildman–Crippen MR) is 87.6 cm³/mol. The van der Waals surface area contributed by atoms with Crippen LogP contribution in [0.4, 0.5) is 5.69 Å². The average Bonchev–Trinajstić information content (AvgIpc) is 2.50. The number of ether oxygens (including phenoxy) is 2. The summed E-state index contributed by atoms with van der Waals surface area (Å²) in [6, 6.07) is 13.2. The summed E-state index contributed by atoms with van der Waals surface area (Å²) in [5.74, 6) is 0.958. The predicted octanol–water partition coefficient (Wildman–Crippen LogP) is 3.72. The number of anilines is 1. The first kappa shape index (κ1) is 15.9. The number of amides is 1. The van der Waals surface area contributed by atoms with Crippen molar-refractivity contribution in [2.24, 2.45) is 0 Å². The maximum atomic E-state index is 12.3. The minimum atomic E-state index is -0.628. The van der Waals surface area contributed by atoms with Gasteiger partial charge in [0.25, 0.3) is 5.91 Å². The molecular weight excluding hydrogens is 278 g/mol. The minimum Gasteiger partial charge on any atom is -0.493 e. The molecule has 2 aromatic carbocycles. The van der Waals surface area contributed by atoms with Crippen LogP contribution in [0.5, 0.6) is 11.5 Å². The van der Waals surface area contributed by atoms with Crippen molar-refractivity contribution in [2.75, 3.05) is 12.4 Å². The van der Waals surface area contributed by atoms with Gasteiger partial charge in [-0.25, -0.2) is 0 Å². The average molecular weight is 299 g/mol. The molecule has 0 saturated heterocycles. The van der Waals surface area contributed by atoms with Gasteiger partial charge in [0.15, 0.2) is 17.6 Å². The van der Waals surface area contributed by atoms with E-state index in [9.17, 15) is 4.79 Å². The molecule has 0 aliphatic carbocycles. The van der Waals surface area contributed by atoms with E-state index < -0.39 is 6.10 Å². The Morgan fingerprint density at radius 3 is 2.41 bits per heavy atom. The smallest absolute Gasteiger partial charge is 0.265 e. The number of carbonyl (C=O) groups excluding carboxylic acids is 1. The molecule has 1 amide bonds. The van der Waals surface area contributed by atoms with Gasteiger partial charge in [0.1, 0.15) is 0 Å². The number of benzene rings is 2. The largest absolute Gasteiger partial charge is 0.493 e. The number of carbonyl (C=O) groups is 1. The zero-order valence-corrected chi connectivity index (χ0v) is 13.3. The van der Waals surface area contributed by atoms with Crippen LogP contribution in [0.2, 0.25) is 0 Å². The molecule has 0 aliphatic rings. The summed E-state index contributed by atoms with van der Waals surface area (Å²) in [7, 11) is 1.57. The van der Waals surface area contributed by atoms with Gasteiger partial charge < -0.3 is 14.8 Å². The Hall–Kier alpha value is -2.49. The fourth-order valence-corrected chi connectivity index (χ4v) is 2.15. The molecule has 0 saturated carbocycles. The van der Waals surface area contributed by atoms with Gasteiger partial charge in [0, 0.05) is 5.69 Å². The summed E-state index contributed by atoms with van der Waals surface area (Å²) in [4.78, 5) is 12.3. The van der Waals surface area contributed by atoms with Crippen molar-refractivity contribution in [1.29, 1.82) is 0 Å². The van der Waals surface area contributed by atoms with Gasteiger partial charge >= 0.3 is 0 Å². The van der Waals surface area contributed by atoms with Crippen molar-refractivity contribution < 1.29 is 14.3 Å². The molecule has 0 radical (unpaired) electrons. The van der Waals surface area contributed by atoms with E-state index in [1.54, 1.807) is 26.2 Å². The Morgan fingerprint density at radius 2 is 1.77 bits per heavy atom. The first-order chi connectivity index (χ1) is 10.5. The third-order valence-corrected chi connectivity index (χ3v) is 3.38. The second-order valence-corrected chi connectivity index (χ2v) is 5.22. The van der Waals surface area contributed by atoms with E-state index in [2.05, 4.69) is 5.32 Å². The zero-order chi connectivity index (χ0) is 16.1. The van der Waals surface area contributed by atoms with E-state index in [0.717, 1.165) is 16.8 Å². The lowest BCUT2D eigenvalue weighted by Gasteiger charge is -2.17. The van der Waals surface area contributed by atoms with E-state index in [1.807, 2.05) is 44.2 Å². The Morgan fingerprint density at radius 1 is 1.09 bits per heavy atom. The number of methoxy groups -OCH3 is 1. The SMILES string of the molecule is COc1ccccc1O[C@@H](C)C(=O)Nc1ccc(C)cc1C. The standard InChI is InChI=1S/C18H21NO3/c1-12-9-10-15(13(2)11-12)19-18(20)14(3)22-17-8-6-5-7-16(17)21-4/h5-11,14H,1-4H3,(H,19,20)/t14-/m0/s1. The van der Waals surface area contributed by atoms with Crippen molar-refractivity contribution >= 4 is 11.6 Å². The molecule has 1 N–H and O–H groups in total. The van der Waals surface area contributed by atoms with Crippen LogP contribution >= 0.6 is 0 Å². The lowest BCUT2D eigenvalue weighted by molar-refractivity contribution is -0.122. The molecule has 116 valence electrons.